The molecule has 0 aliphatic heterocycles. The molecule has 1 amide bonds. The van der Waals surface area contributed by atoms with Crippen LogP contribution in [-0.4, -0.2) is 28.1 Å². The van der Waals surface area contributed by atoms with Gasteiger partial charge >= 0.3 is 5.97 Å². The van der Waals surface area contributed by atoms with Gasteiger partial charge in [-0.1, -0.05) is 43.9 Å². The van der Waals surface area contributed by atoms with E-state index in [2.05, 4.69) is 15.5 Å². The van der Waals surface area contributed by atoms with Crippen molar-refractivity contribution in [1.82, 2.24) is 15.5 Å². The van der Waals surface area contributed by atoms with Crippen LogP contribution in [0.15, 0.2) is 28.8 Å². The molecule has 8 heteroatoms. The zero-order chi connectivity index (χ0) is 19.8. The van der Waals surface area contributed by atoms with E-state index in [4.69, 9.17) is 20.9 Å². The highest BCUT2D eigenvalue weighted by molar-refractivity contribution is 6.30. The number of aromatic nitrogens is 2. The number of benzene rings is 1. The number of aryl methyl sites for hydroxylation is 1. The normalized spacial score (nSPS) is 13.0. The minimum Gasteiger partial charge on any atom is -0.454 e. The molecule has 2 rings (SSSR count). The fourth-order valence-electron chi connectivity index (χ4n) is 2.39. The summed E-state index contributed by atoms with van der Waals surface area (Å²) in [5, 5.41) is 7.09. The van der Waals surface area contributed by atoms with Crippen LogP contribution >= 0.6 is 11.6 Å². The van der Waals surface area contributed by atoms with Crippen LogP contribution in [0, 0.1) is 5.92 Å². The monoisotopic (exact) mass is 393 g/mol. The van der Waals surface area contributed by atoms with Crippen LogP contribution in [0.5, 0.6) is 0 Å². The predicted molar refractivity (Wildman–Crippen MR) is 100 cm³/mol. The van der Waals surface area contributed by atoms with Gasteiger partial charge in [0.1, 0.15) is 6.04 Å². The number of hydrogen-bond donors (Lipinski definition) is 1. The molecule has 146 valence electrons. The summed E-state index contributed by atoms with van der Waals surface area (Å²) in [5.74, 6) is -0.192. The number of nitrogens with one attached hydrogen (secondary N) is 1. The Morgan fingerprint density at radius 1 is 1.26 bits per heavy atom. The molecule has 0 aliphatic rings. The average Bonchev–Trinajstić information content (AvgIpc) is 3.11. The first-order chi connectivity index (χ1) is 12.9. The van der Waals surface area contributed by atoms with Crippen molar-refractivity contribution in [3.05, 3.63) is 46.6 Å². The summed E-state index contributed by atoms with van der Waals surface area (Å²) >= 11 is 5.84. The molecule has 7 nitrogen and oxygen atoms in total. The molecule has 0 radical (unpaired) electrons. The molecule has 0 saturated carbocycles. The molecule has 0 bridgehead atoms. The Morgan fingerprint density at radius 3 is 2.59 bits per heavy atom. The third kappa shape index (κ3) is 6.06. The van der Waals surface area contributed by atoms with Crippen molar-refractivity contribution < 1.29 is 18.8 Å². The van der Waals surface area contributed by atoms with Gasteiger partial charge in [-0.15, -0.1) is 0 Å². The molecule has 0 spiro atoms. The van der Waals surface area contributed by atoms with Crippen LogP contribution in [0.3, 0.4) is 0 Å². The second kappa shape index (κ2) is 10.1. The minimum atomic E-state index is -0.781. The summed E-state index contributed by atoms with van der Waals surface area (Å²) in [6, 6.07) is 5.66. The highest BCUT2D eigenvalue weighted by atomic mass is 35.5. The maximum absolute atomic E-state index is 12.5. The summed E-state index contributed by atoms with van der Waals surface area (Å²) in [4.78, 5) is 29.1. The van der Waals surface area contributed by atoms with Crippen LogP contribution in [0.4, 0.5) is 0 Å². The number of rotatable bonds is 9. The van der Waals surface area contributed by atoms with Gasteiger partial charge in [0.25, 0.3) is 11.8 Å². The minimum absolute atomic E-state index is 0.105. The topological polar surface area (TPSA) is 94.3 Å². The lowest BCUT2D eigenvalue weighted by atomic mass is 9.99. The van der Waals surface area contributed by atoms with Crippen molar-refractivity contribution >= 4 is 23.5 Å². The first kappa shape index (κ1) is 20.9. The van der Waals surface area contributed by atoms with Gasteiger partial charge in [0.15, 0.2) is 12.4 Å². The zero-order valence-corrected chi connectivity index (χ0v) is 16.5. The standard InChI is InChI=1S/C19H24ClN3O4/c1-4-6-15-21-16(27-23-15)11-26-19(25)17(12(3)5-2)22-18(24)13-7-9-14(20)10-8-13/h7-10,12,17H,4-6,11H2,1-3H3,(H,22,24)/t12-,17-/m0/s1. The quantitative estimate of drug-likeness (QED) is 0.654. The highest BCUT2D eigenvalue weighted by Gasteiger charge is 2.28. The summed E-state index contributed by atoms with van der Waals surface area (Å²) < 4.78 is 10.3. The predicted octanol–water partition coefficient (Wildman–Crippen LogP) is 3.56. The van der Waals surface area contributed by atoms with Gasteiger partial charge < -0.3 is 14.6 Å². The molecule has 2 aromatic rings. The van der Waals surface area contributed by atoms with Crippen molar-refractivity contribution in [3.63, 3.8) is 0 Å². The third-order valence-corrected chi connectivity index (χ3v) is 4.43. The van der Waals surface area contributed by atoms with E-state index in [-0.39, 0.29) is 24.3 Å². The van der Waals surface area contributed by atoms with Gasteiger partial charge in [0.05, 0.1) is 0 Å². The van der Waals surface area contributed by atoms with E-state index in [1.807, 2.05) is 20.8 Å². The van der Waals surface area contributed by atoms with Gasteiger partial charge in [-0.2, -0.15) is 4.98 Å². The van der Waals surface area contributed by atoms with Gasteiger partial charge in [0.2, 0.25) is 0 Å². The van der Waals surface area contributed by atoms with Crippen LogP contribution in [0.2, 0.25) is 5.02 Å². The Morgan fingerprint density at radius 2 is 1.96 bits per heavy atom. The molecule has 0 fully saturated rings. The van der Waals surface area contributed by atoms with Crippen molar-refractivity contribution in [3.8, 4) is 0 Å². The van der Waals surface area contributed by atoms with E-state index in [1.54, 1.807) is 24.3 Å². The van der Waals surface area contributed by atoms with Gasteiger partial charge in [-0.05, 0) is 36.6 Å². The largest absolute Gasteiger partial charge is 0.454 e. The Kier molecular flexibility index (Phi) is 7.79. The van der Waals surface area contributed by atoms with E-state index in [1.165, 1.54) is 0 Å². The summed E-state index contributed by atoms with van der Waals surface area (Å²) in [5.41, 5.74) is 0.418. The van der Waals surface area contributed by atoms with E-state index in [0.29, 0.717) is 29.3 Å². The van der Waals surface area contributed by atoms with E-state index in [0.717, 1.165) is 6.42 Å². The number of esters is 1. The van der Waals surface area contributed by atoms with Crippen molar-refractivity contribution in [2.75, 3.05) is 0 Å². The second-order valence-corrected chi connectivity index (χ2v) is 6.74. The van der Waals surface area contributed by atoms with Crippen LogP contribution in [-0.2, 0) is 22.6 Å². The van der Waals surface area contributed by atoms with E-state index in [9.17, 15) is 9.59 Å². The molecule has 0 saturated heterocycles. The zero-order valence-electron chi connectivity index (χ0n) is 15.7. The molecule has 1 aromatic carbocycles. The Bertz CT molecular complexity index is 761. The first-order valence-corrected chi connectivity index (χ1v) is 9.36. The molecular weight excluding hydrogens is 370 g/mol. The van der Waals surface area contributed by atoms with E-state index >= 15 is 0 Å². The summed E-state index contributed by atoms with van der Waals surface area (Å²) in [6.45, 7) is 5.70. The molecule has 1 aromatic heterocycles. The Balaban J connectivity index is 2.00. The number of ether oxygens (including phenoxy) is 1. The van der Waals surface area contributed by atoms with Crippen LogP contribution in [0.1, 0.15) is 55.7 Å². The lowest BCUT2D eigenvalue weighted by Gasteiger charge is -2.22. The lowest BCUT2D eigenvalue weighted by Crippen LogP contribution is -2.46. The van der Waals surface area contributed by atoms with Crippen molar-refractivity contribution in [2.45, 2.75) is 52.7 Å². The summed E-state index contributed by atoms with van der Waals surface area (Å²) in [7, 11) is 0. The fourth-order valence-corrected chi connectivity index (χ4v) is 2.52. The SMILES string of the molecule is CCCc1noc(COC(=O)[C@@H](NC(=O)c2ccc(Cl)cc2)[C@@H](C)CC)n1. The maximum atomic E-state index is 12.5. The van der Waals surface area contributed by atoms with Gasteiger partial charge in [0, 0.05) is 17.0 Å². The fraction of sp³-hybridized carbons (Fsp3) is 0.474. The van der Waals surface area contributed by atoms with Gasteiger partial charge in [-0.3, -0.25) is 4.79 Å². The lowest BCUT2D eigenvalue weighted by molar-refractivity contribution is -0.149. The second-order valence-electron chi connectivity index (χ2n) is 6.31. The molecule has 0 aliphatic carbocycles. The van der Waals surface area contributed by atoms with Crippen molar-refractivity contribution in [1.29, 1.82) is 0 Å². The molecule has 1 N–H and O–H groups in total. The number of amides is 1. The average molecular weight is 394 g/mol. The van der Waals surface area contributed by atoms with Gasteiger partial charge in [-0.25, -0.2) is 4.79 Å². The number of nitrogens with zero attached hydrogens (tertiary/aromatic N) is 2. The molecule has 0 unspecified atom stereocenters. The number of carbonyl (C=O) groups is 2. The molecule has 27 heavy (non-hydrogen) atoms. The Hall–Kier alpha value is -2.41. The van der Waals surface area contributed by atoms with E-state index < -0.39 is 12.0 Å². The smallest absolute Gasteiger partial charge is 0.329 e. The third-order valence-electron chi connectivity index (χ3n) is 4.18. The highest BCUT2D eigenvalue weighted by Crippen LogP contribution is 2.14. The first-order valence-electron chi connectivity index (χ1n) is 8.99. The summed E-state index contributed by atoms with van der Waals surface area (Å²) in [6.07, 6.45) is 2.29. The Labute approximate surface area is 163 Å². The molecule has 1 heterocycles. The number of hydrogen-bond acceptors (Lipinski definition) is 6. The number of carbonyl (C=O) groups excluding carboxylic acids is 2. The number of halogens is 1. The van der Waals surface area contributed by atoms with Crippen LogP contribution in [0.25, 0.3) is 0 Å². The molecule has 2 atom stereocenters. The maximum Gasteiger partial charge on any atom is 0.329 e. The van der Waals surface area contributed by atoms with Crippen molar-refractivity contribution in [2.24, 2.45) is 5.92 Å². The van der Waals surface area contributed by atoms with Crippen LogP contribution < -0.4 is 5.32 Å². The molecular formula is C19H24ClN3O4.